The van der Waals surface area contributed by atoms with Crippen molar-refractivity contribution in [2.75, 3.05) is 10.6 Å². The molecule has 0 radical (unpaired) electrons. The van der Waals surface area contributed by atoms with Crippen LogP contribution in [-0.4, -0.2) is 20.4 Å². The molecule has 0 unspecified atom stereocenters. The topological polar surface area (TPSA) is 157 Å². The van der Waals surface area contributed by atoms with Crippen LogP contribution in [0.3, 0.4) is 0 Å². The lowest BCUT2D eigenvalue weighted by atomic mass is 10.2. The Labute approximate surface area is 187 Å². The number of hydrogen-bond acceptors (Lipinski definition) is 7. The van der Waals surface area contributed by atoms with Gasteiger partial charge in [-0.2, -0.15) is 0 Å². The third-order valence-corrected chi connectivity index (χ3v) is 4.90. The maximum Gasteiger partial charge on any atom is 0.330 e. The molecule has 11 nitrogen and oxygen atoms in total. The molecule has 2 aromatic heterocycles. The number of nitrogens with two attached hydrogens (primary N) is 1. The predicted molar refractivity (Wildman–Crippen MR) is 123 cm³/mol. The highest BCUT2D eigenvalue weighted by Crippen LogP contribution is 2.21. The number of aromatic nitrogens is 2. The number of nitro benzene ring substituents is 1. The first-order valence-corrected chi connectivity index (χ1v) is 10.2. The summed E-state index contributed by atoms with van der Waals surface area (Å²) in [5, 5.41) is 10.8. The molecule has 1 amide bonds. The van der Waals surface area contributed by atoms with Crippen molar-refractivity contribution in [1.82, 2.24) is 9.55 Å². The highest BCUT2D eigenvalue weighted by atomic mass is 16.6. The lowest BCUT2D eigenvalue weighted by molar-refractivity contribution is -0.384. The minimum Gasteiger partial charge on any atom is -0.467 e. The van der Waals surface area contributed by atoms with E-state index in [4.69, 9.17) is 10.2 Å². The Morgan fingerprint density at radius 2 is 2.00 bits per heavy atom. The highest BCUT2D eigenvalue weighted by Gasteiger charge is 2.24. The van der Waals surface area contributed by atoms with Crippen molar-refractivity contribution < 1.29 is 14.1 Å². The number of anilines is 2. The van der Waals surface area contributed by atoms with Crippen LogP contribution in [0.25, 0.3) is 6.08 Å². The molecule has 0 spiro atoms. The van der Waals surface area contributed by atoms with Crippen molar-refractivity contribution >= 4 is 29.2 Å². The van der Waals surface area contributed by atoms with Gasteiger partial charge in [-0.05, 0) is 42.3 Å². The number of aromatic amines is 1. The van der Waals surface area contributed by atoms with Gasteiger partial charge in [0.2, 0.25) is 0 Å². The Morgan fingerprint density at radius 1 is 1.27 bits per heavy atom. The van der Waals surface area contributed by atoms with E-state index in [0.717, 1.165) is 11.3 Å². The zero-order chi connectivity index (χ0) is 24.0. The maximum atomic E-state index is 13.1. The third-order valence-electron chi connectivity index (χ3n) is 4.90. The van der Waals surface area contributed by atoms with E-state index in [2.05, 4.69) is 4.98 Å². The van der Waals surface area contributed by atoms with E-state index in [-0.39, 0.29) is 30.3 Å². The van der Waals surface area contributed by atoms with Crippen LogP contribution >= 0.6 is 0 Å². The van der Waals surface area contributed by atoms with E-state index >= 15 is 0 Å². The summed E-state index contributed by atoms with van der Waals surface area (Å²) in [5.74, 6) is -0.319. The van der Waals surface area contributed by atoms with Crippen molar-refractivity contribution in [2.45, 2.75) is 32.9 Å². The summed E-state index contributed by atoms with van der Waals surface area (Å²) in [4.78, 5) is 51.7. The molecular weight excluding hydrogens is 430 g/mol. The monoisotopic (exact) mass is 453 g/mol. The number of hydrogen-bond donors (Lipinski definition) is 2. The van der Waals surface area contributed by atoms with Crippen LogP contribution in [0.4, 0.5) is 17.2 Å². The molecule has 3 N–H and O–H groups in total. The zero-order valence-corrected chi connectivity index (χ0v) is 17.9. The predicted octanol–water partition coefficient (Wildman–Crippen LogP) is 2.67. The fourth-order valence-corrected chi connectivity index (χ4v) is 3.17. The van der Waals surface area contributed by atoms with Gasteiger partial charge in [0.25, 0.3) is 17.2 Å². The van der Waals surface area contributed by atoms with Crippen molar-refractivity contribution in [3.8, 4) is 0 Å². The van der Waals surface area contributed by atoms with Crippen molar-refractivity contribution in [1.29, 1.82) is 0 Å². The first kappa shape index (κ1) is 23.3. The van der Waals surface area contributed by atoms with E-state index in [9.17, 15) is 24.5 Å². The van der Waals surface area contributed by atoms with Crippen LogP contribution in [0.15, 0.2) is 62.7 Å². The molecule has 3 aromatic rings. The molecule has 2 heterocycles. The van der Waals surface area contributed by atoms with Gasteiger partial charge in [0.05, 0.1) is 17.7 Å². The molecule has 172 valence electrons. The molecule has 3 rings (SSSR count). The van der Waals surface area contributed by atoms with E-state index in [1.54, 1.807) is 12.1 Å². The average Bonchev–Trinajstić information content (AvgIpc) is 3.30. The standard InChI is InChI=1S/C22H23N5O6/c1-2-3-12-25-20(23)19(21(29)24-22(25)30)26(14-17-5-4-13-33-17)18(28)11-8-15-6-9-16(10-7-15)27(31)32/h4-11,13H,2-3,12,14,23H2,1H3,(H,24,29,30)/b11-8+. The Bertz CT molecular complexity index is 1270. The summed E-state index contributed by atoms with van der Waals surface area (Å²) in [7, 11) is 0. The van der Waals surface area contributed by atoms with Gasteiger partial charge in [0.1, 0.15) is 11.6 Å². The molecule has 0 saturated carbocycles. The number of non-ortho nitro benzene ring substituents is 1. The van der Waals surface area contributed by atoms with Crippen LogP contribution in [-0.2, 0) is 17.9 Å². The number of rotatable bonds is 9. The second kappa shape index (κ2) is 10.3. The number of nitrogens with zero attached hydrogens (tertiary/aromatic N) is 3. The number of nitrogen functional groups attached to an aromatic ring is 1. The minimum atomic E-state index is -0.797. The van der Waals surface area contributed by atoms with Gasteiger partial charge < -0.3 is 10.2 Å². The van der Waals surface area contributed by atoms with Crippen LogP contribution in [0.2, 0.25) is 0 Å². The number of unbranched alkanes of at least 4 members (excludes halogenated alkanes) is 1. The van der Waals surface area contributed by atoms with Gasteiger partial charge in [-0.25, -0.2) is 4.79 Å². The summed E-state index contributed by atoms with van der Waals surface area (Å²) in [5.41, 5.74) is 5.03. The number of H-pyrrole nitrogens is 1. The van der Waals surface area contributed by atoms with Crippen LogP contribution < -0.4 is 21.9 Å². The second-order valence-corrected chi connectivity index (χ2v) is 7.18. The third kappa shape index (κ3) is 5.45. The van der Waals surface area contributed by atoms with Gasteiger partial charge in [-0.15, -0.1) is 0 Å². The smallest absolute Gasteiger partial charge is 0.330 e. The molecule has 0 saturated heterocycles. The number of amides is 1. The first-order valence-electron chi connectivity index (χ1n) is 10.2. The lowest BCUT2D eigenvalue weighted by Gasteiger charge is -2.22. The van der Waals surface area contributed by atoms with Crippen molar-refractivity contribution in [2.24, 2.45) is 0 Å². The Kier molecular flexibility index (Phi) is 7.24. The number of furan rings is 1. The summed E-state index contributed by atoms with van der Waals surface area (Å²) < 4.78 is 6.55. The number of carbonyl (C=O) groups excluding carboxylic acids is 1. The van der Waals surface area contributed by atoms with E-state index in [1.165, 1.54) is 47.2 Å². The molecule has 33 heavy (non-hydrogen) atoms. The van der Waals surface area contributed by atoms with E-state index < -0.39 is 22.1 Å². The quantitative estimate of drug-likeness (QED) is 0.286. The van der Waals surface area contributed by atoms with Crippen LogP contribution in [0.5, 0.6) is 0 Å². The van der Waals surface area contributed by atoms with Gasteiger partial charge in [-0.1, -0.05) is 13.3 Å². The number of carbonyl (C=O) groups is 1. The van der Waals surface area contributed by atoms with E-state index in [1.807, 2.05) is 6.92 Å². The Morgan fingerprint density at radius 3 is 2.61 bits per heavy atom. The van der Waals surface area contributed by atoms with Crippen molar-refractivity contribution in [3.63, 3.8) is 0 Å². The first-order chi connectivity index (χ1) is 15.8. The molecule has 11 heteroatoms. The summed E-state index contributed by atoms with van der Waals surface area (Å²) in [6.07, 6.45) is 5.55. The number of nitro groups is 1. The fraction of sp³-hybridized carbons (Fsp3) is 0.227. The van der Waals surface area contributed by atoms with Gasteiger partial charge in [-0.3, -0.25) is 34.2 Å². The van der Waals surface area contributed by atoms with Crippen molar-refractivity contribution in [3.05, 3.63) is 91.0 Å². The van der Waals surface area contributed by atoms with Gasteiger partial charge in [0.15, 0.2) is 5.69 Å². The molecular formula is C22H23N5O6. The van der Waals surface area contributed by atoms with Crippen LogP contribution in [0, 0.1) is 10.1 Å². The molecule has 0 fully saturated rings. The SMILES string of the molecule is CCCCn1c(N)c(N(Cc2ccco2)C(=O)/C=C/c2ccc([N+](=O)[O-])cc2)c(=O)[nH]c1=O. The summed E-state index contributed by atoms with van der Waals surface area (Å²) in [6.45, 7) is 2.13. The highest BCUT2D eigenvalue weighted by molar-refractivity contribution is 6.05. The maximum absolute atomic E-state index is 13.1. The largest absolute Gasteiger partial charge is 0.467 e. The summed E-state index contributed by atoms with van der Waals surface area (Å²) >= 11 is 0. The van der Waals surface area contributed by atoms with Crippen LogP contribution in [0.1, 0.15) is 31.1 Å². The minimum absolute atomic E-state index is 0.0773. The average molecular weight is 453 g/mol. The molecule has 0 aliphatic carbocycles. The fourth-order valence-electron chi connectivity index (χ4n) is 3.17. The Balaban J connectivity index is 2.00. The van der Waals surface area contributed by atoms with Gasteiger partial charge >= 0.3 is 5.69 Å². The zero-order valence-electron chi connectivity index (χ0n) is 17.9. The van der Waals surface area contributed by atoms with Gasteiger partial charge in [0, 0.05) is 24.8 Å². The number of benzene rings is 1. The second-order valence-electron chi connectivity index (χ2n) is 7.18. The lowest BCUT2D eigenvalue weighted by Crippen LogP contribution is -2.40. The Hall–Kier alpha value is -4.41. The molecule has 0 bridgehead atoms. The number of nitrogens with one attached hydrogen (secondary N) is 1. The molecule has 1 aromatic carbocycles. The molecule has 0 atom stereocenters. The molecule has 0 aliphatic rings. The van der Waals surface area contributed by atoms with E-state index in [0.29, 0.717) is 17.7 Å². The normalized spacial score (nSPS) is 11.1. The molecule has 0 aliphatic heterocycles. The summed E-state index contributed by atoms with van der Waals surface area (Å²) in [6, 6.07) is 8.89.